The molecule has 84 valence electrons. The van der Waals surface area contributed by atoms with Crippen molar-refractivity contribution >= 4 is 5.91 Å². The fourth-order valence-electron chi connectivity index (χ4n) is 2.49. The number of rotatable bonds is 3. The number of amides is 1. The van der Waals surface area contributed by atoms with Crippen molar-refractivity contribution in [2.75, 3.05) is 13.1 Å². The molecule has 1 aliphatic heterocycles. The van der Waals surface area contributed by atoms with Gasteiger partial charge in [0.25, 0.3) is 0 Å². The zero-order valence-corrected chi connectivity index (χ0v) is 9.23. The summed E-state index contributed by atoms with van der Waals surface area (Å²) in [4.78, 5) is 11.7. The van der Waals surface area contributed by atoms with Crippen molar-refractivity contribution in [1.29, 1.82) is 0 Å². The van der Waals surface area contributed by atoms with Crippen molar-refractivity contribution in [3.63, 3.8) is 0 Å². The molecule has 1 aromatic rings. The van der Waals surface area contributed by atoms with Crippen molar-refractivity contribution in [1.82, 2.24) is 10.4 Å². The Labute approximate surface area is 95.4 Å². The van der Waals surface area contributed by atoms with E-state index in [1.165, 1.54) is 6.42 Å². The Bertz CT molecular complexity index is 380. The normalized spacial score (nSPS) is 27.5. The lowest BCUT2D eigenvalue weighted by molar-refractivity contribution is -0.125. The SMILES string of the molecule is O=C(Cc1ccccc1)NN1CC2CC2C1. The highest BCUT2D eigenvalue weighted by Gasteiger charge is 2.45. The molecule has 2 atom stereocenters. The third-order valence-electron chi connectivity index (χ3n) is 3.47. The molecule has 1 amide bonds. The van der Waals surface area contributed by atoms with Crippen LogP contribution in [0, 0.1) is 11.8 Å². The van der Waals surface area contributed by atoms with Crippen LogP contribution in [0.3, 0.4) is 0 Å². The molecule has 3 rings (SSSR count). The van der Waals surface area contributed by atoms with Gasteiger partial charge in [0.2, 0.25) is 5.91 Å². The van der Waals surface area contributed by atoms with E-state index in [0.29, 0.717) is 6.42 Å². The predicted octanol–water partition coefficient (Wildman–Crippen LogP) is 1.21. The quantitative estimate of drug-likeness (QED) is 0.823. The third kappa shape index (κ3) is 2.09. The van der Waals surface area contributed by atoms with Crippen LogP contribution in [0.15, 0.2) is 30.3 Å². The standard InChI is InChI=1S/C13H16N2O/c16-13(6-10-4-2-1-3-5-10)14-15-8-11-7-12(11)9-15/h1-5,11-12H,6-9H2,(H,14,16). The van der Waals surface area contributed by atoms with E-state index in [-0.39, 0.29) is 5.91 Å². The van der Waals surface area contributed by atoms with E-state index in [4.69, 9.17) is 0 Å². The minimum absolute atomic E-state index is 0.104. The first-order valence-corrected chi connectivity index (χ1v) is 5.89. The van der Waals surface area contributed by atoms with Crippen LogP contribution in [0.2, 0.25) is 0 Å². The number of piperidine rings is 1. The fourth-order valence-corrected chi connectivity index (χ4v) is 2.49. The lowest BCUT2D eigenvalue weighted by Crippen LogP contribution is -2.42. The second-order valence-electron chi connectivity index (χ2n) is 4.86. The monoisotopic (exact) mass is 216 g/mol. The Morgan fingerprint density at radius 2 is 1.94 bits per heavy atom. The second-order valence-corrected chi connectivity index (χ2v) is 4.86. The summed E-state index contributed by atoms with van der Waals surface area (Å²) in [6.45, 7) is 2.09. The molecule has 0 radical (unpaired) electrons. The smallest absolute Gasteiger partial charge is 0.238 e. The highest BCUT2D eigenvalue weighted by atomic mass is 16.2. The Kier molecular flexibility index (Phi) is 2.40. The molecule has 1 aliphatic carbocycles. The summed E-state index contributed by atoms with van der Waals surface area (Å²) in [5.74, 6) is 1.82. The Morgan fingerprint density at radius 1 is 1.25 bits per heavy atom. The number of hydrogen-bond donors (Lipinski definition) is 1. The largest absolute Gasteiger partial charge is 0.289 e. The van der Waals surface area contributed by atoms with Crippen LogP contribution in [0.5, 0.6) is 0 Å². The lowest BCUT2D eigenvalue weighted by atomic mass is 10.1. The first-order valence-electron chi connectivity index (χ1n) is 5.89. The van der Waals surface area contributed by atoms with Crippen LogP contribution >= 0.6 is 0 Å². The molecule has 0 aromatic heterocycles. The van der Waals surface area contributed by atoms with Crippen molar-refractivity contribution < 1.29 is 4.79 Å². The Morgan fingerprint density at radius 3 is 2.62 bits per heavy atom. The van der Waals surface area contributed by atoms with Crippen LogP contribution in [0.25, 0.3) is 0 Å². The van der Waals surface area contributed by atoms with E-state index in [9.17, 15) is 4.79 Å². The molecular formula is C13H16N2O. The van der Waals surface area contributed by atoms with Gasteiger partial charge in [0.1, 0.15) is 0 Å². The highest BCUT2D eigenvalue weighted by molar-refractivity contribution is 5.78. The number of nitrogens with one attached hydrogen (secondary N) is 1. The minimum atomic E-state index is 0.104. The van der Waals surface area contributed by atoms with Gasteiger partial charge in [-0.25, -0.2) is 5.01 Å². The molecule has 1 saturated carbocycles. The lowest BCUT2D eigenvalue weighted by Gasteiger charge is -2.18. The van der Waals surface area contributed by atoms with Gasteiger partial charge in [-0.3, -0.25) is 10.2 Å². The summed E-state index contributed by atoms with van der Waals surface area (Å²) in [7, 11) is 0. The maximum Gasteiger partial charge on any atom is 0.238 e. The molecule has 0 bridgehead atoms. The number of benzene rings is 1. The van der Waals surface area contributed by atoms with Gasteiger partial charge in [0.15, 0.2) is 0 Å². The van der Waals surface area contributed by atoms with Gasteiger partial charge in [-0.2, -0.15) is 0 Å². The molecule has 1 saturated heterocycles. The Hall–Kier alpha value is -1.35. The molecular weight excluding hydrogens is 200 g/mol. The third-order valence-corrected chi connectivity index (χ3v) is 3.47. The van der Waals surface area contributed by atoms with Gasteiger partial charge in [-0.15, -0.1) is 0 Å². The topological polar surface area (TPSA) is 32.3 Å². The summed E-state index contributed by atoms with van der Waals surface area (Å²) in [6, 6.07) is 9.87. The maximum atomic E-state index is 11.7. The molecule has 2 aliphatic rings. The summed E-state index contributed by atoms with van der Waals surface area (Å²) < 4.78 is 0. The van der Waals surface area contributed by atoms with E-state index in [0.717, 1.165) is 30.5 Å². The summed E-state index contributed by atoms with van der Waals surface area (Å²) in [5.41, 5.74) is 4.06. The molecule has 2 unspecified atom stereocenters. The van der Waals surface area contributed by atoms with Gasteiger partial charge in [-0.1, -0.05) is 30.3 Å². The van der Waals surface area contributed by atoms with Crippen LogP contribution in [0.4, 0.5) is 0 Å². The van der Waals surface area contributed by atoms with E-state index in [1.54, 1.807) is 0 Å². The highest BCUT2D eigenvalue weighted by Crippen LogP contribution is 2.44. The van der Waals surface area contributed by atoms with Gasteiger partial charge in [-0.05, 0) is 23.8 Å². The summed E-state index contributed by atoms with van der Waals surface area (Å²) in [6.07, 6.45) is 1.84. The van der Waals surface area contributed by atoms with E-state index < -0.39 is 0 Å². The molecule has 1 heterocycles. The van der Waals surface area contributed by atoms with E-state index in [2.05, 4.69) is 10.4 Å². The second kappa shape index (κ2) is 3.91. The zero-order valence-electron chi connectivity index (χ0n) is 9.23. The number of nitrogens with zero attached hydrogens (tertiary/aromatic N) is 1. The van der Waals surface area contributed by atoms with E-state index in [1.807, 2.05) is 30.3 Å². The first kappa shape index (κ1) is 9.85. The molecule has 1 N–H and O–H groups in total. The zero-order chi connectivity index (χ0) is 11.0. The van der Waals surface area contributed by atoms with Crippen LogP contribution < -0.4 is 5.43 Å². The average Bonchev–Trinajstić information content (AvgIpc) is 2.88. The predicted molar refractivity (Wildman–Crippen MR) is 61.5 cm³/mol. The number of hydrogen-bond acceptors (Lipinski definition) is 2. The summed E-state index contributed by atoms with van der Waals surface area (Å²) >= 11 is 0. The molecule has 3 heteroatoms. The number of carbonyl (C=O) groups excluding carboxylic acids is 1. The van der Waals surface area contributed by atoms with Gasteiger partial charge in [0, 0.05) is 13.1 Å². The van der Waals surface area contributed by atoms with Crippen LogP contribution in [0.1, 0.15) is 12.0 Å². The Balaban J connectivity index is 1.50. The van der Waals surface area contributed by atoms with Crippen molar-refractivity contribution in [3.05, 3.63) is 35.9 Å². The number of fused-ring (bicyclic) bond motifs is 1. The molecule has 3 nitrogen and oxygen atoms in total. The van der Waals surface area contributed by atoms with Gasteiger partial charge in [0.05, 0.1) is 6.42 Å². The summed E-state index contributed by atoms with van der Waals surface area (Å²) in [5, 5.41) is 2.07. The van der Waals surface area contributed by atoms with Crippen molar-refractivity contribution in [3.8, 4) is 0 Å². The number of hydrazine groups is 1. The van der Waals surface area contributed by atoms with Gasteiger partial charge < -0.3 is 0 Å². The molecule has 0 spiro atoms. The number of carbonyl (C=O) groups is 1. The first-order chi connectivity index (χ1) is 7.81. The molecule has 2 fully saturated rings. The fraction of sp³-hybridized carbons (Fsp3) is 0.462. The molecule has 1 aromatic carbocycles. The van der Waals surface area contributed by atoms with Crippen molar-refractivity contribution in [2.24, 2.45) is 11.8 Å². The van der Waals surface area contributed by atoms with Crippen molar-refractivity contribution in [2.45, 2.75) is 12.8 Å². The molecule has 16 heavy (non-hydrogen) atoms. The van der Waals surface area contributed by atoms with Gasteiger partial charge >= 0.3 is 0 Å². The maximum absolute atomic E-state index is 11.7. The minimum Gasteiger partial charge on any atom is -0.289 e. The van der Waals surface area contributed by atoms with E-state index >= 15 is 0 Å². The van der Waals surface area contributed by atoms with Crippen LogP contribution in [-0.4, -0.2) is 24.0 Å². The van der Waals surface area contributed by atoms with Crippen LogP contribution in [-0.2, 0) is 11.2 Å². The average molecular weight is 216 g/mol.